The normalized spacial score (nSPS) is 22.0. The van der Waals surface area contributed by atoms with Gasteiger partial charge in [0.2, 0.25) is 0 Å². The molecule has 1 aliphatic rings. The number of aliphatic imine (C=N–C) groups is 1. The Morgan fingerprint density at radius 2 is 2.23 bits per heavy atom. The van der Waals surface area contributed by atoms with E-state index >= 15 is 0 Å². The molecule has 76 valence electrons. The largest absolute Gasteiger partial charge is 0.388 e. The highest BCUT2D eigenvalue weighted by Gasteiger charge is 2.28. The molecule has 13 heavy (non-hydrogen) atoms. The second-order valence-corrected chi connectivity index (χ2v) is 3.48. The topological polar surface area (TPSA) is 56.7 Å². The summed E-state index contributed by atoms with van der Waals surface area (Å²) in [6.45, 7) is 5.19. The Balaban J connectivity index is 2.21. The van der Waals surface area contributed by atoms with Gasteiger partial charge in [0.1, 0.15) is 0 Å². The van der Waals surface area contributed by atoms with Crippen molar-refractivity contribution >= 4 is 6.34 Å². The van der Waals surface area contributed by atoms with Crippen molar-refractivity contribution < 1.29 is 5.11 Å². The third-order valence-corrected chi connectivity index (χ3v) is 2.33. The molecule has 4 heteroatoms. The van der Waals surface area contributed by atoms with Crippen molar-refractivity contribution in [3.63, 3.8) is 0 Å². The molecule has 0 aliphatic carbocycles. The van der Waals surface area contributed by atoms with E-state index in [4.69, 9.17) is 0 Å². The maximum atomic E-state index is 10.0. The van der Waals surface area contributed by atoms with Crippen LogP contribution in [0.2, 0.25) is 0 Å². The summed E-state index contributed by atoms with van der Waals surface area (Å²) in [6, 6.07) is 0. The second kappa shape index (κ2) is 5.19. The van der Waals surface area contributed by atoms with Crippen LogP contribution in [0.1, 0.15) is 19.8 Å². The Hall–Kier alpha value is -0.610. The Morgan fingerprint density at radius 3 is 2.85 bits per heavy atom. The Kier molecular flexibility index (Phi) is 4.18. The van der Waals surface area contributed by atoms with Gasteiger partial charge in [-0.1, -0.05) is 0 Å². The third kappa shape index (κ3) is 3.74. The van der Waals surface area contributed by atoms with Crippen molar-refractivity contribution in [2.45, 2.75) is 25.4 Å². The Morgan fingerprint density at radius 1 is 1.54 bits per heavy atom. The number of hydrogen-bond acceptors (Lipinski definition) is 3. The predicted octanol–water partition coefficient (Wildman–Crippen LogP) is -0.261. The van der Waals surface area contributed by atoms with Crippen LogP contribution >= 0.6 is 0 Å². The first kappa shape index (κ1) is 10.5. The lowest BCUT2D eigenvalue weighted by molar-refractivity contribution is 0.0154. The van der Waals surface area contributed by atoms with Gasteiger partial charge in [-0.25, -0.2) is 0 Å². The van der Waals surface area contributed by atoms with Gasteiger partial charge >= 0.3 is 0 Å². The summed E-state index contributed by atoms with van der Waals surface area (Å²) in [7, 11) is 0. The van der Waals surface area contributed by atoms with Gasteiger partial charge in [-0.05, 0) is 32.9 Å². The number of nitrogens with one attached hydrogen (secondary N) is 2. The second-order valence-electron chi connectivity index (χ2n) is 3.48. The quantitative estimate of drug-likeness (QED) is 0.418. The van der Waals surface area contributed by atoms with E-state index in [1.807, 2.05) is 6.92 Å². The van der Waals surface area contributed by atoms with Crippen LogP contribution in [-0.4, -0.2) is 43.2 Å². The first-order valence-corrected chi connectivity index (χ1v) is 4.92. The van der Waals surface area contributed by atoms with Crippen LogP contribution in [0.15, 0.2) is 4.99 Å². The van der Waals surface area contributed by atoms with E-state index in [-0.39, 0.29) is 0 Å². The molecule has 0 saturated carbocycles. The Bertz CT molecular complexity index is 164. The van der Waals surface area contributed by atoms with E-state index in [1.165, 1.54) is 0 Å². The molecule has 0 atom stereocenters. The fourth-order valence-corrected chi connectivity index (χ4v) is 1.46. The van der Waals surface area contributed by atoms with E-state index < -0.39 is 5.60 Å². The highest BCUT2D eigenvalue weighted by atomic mass is 16.3. The summed E-state index contributed by atoms with van der Waals surface area (Å²) < 4.78 is 0. The predicted molar refractivity (Wildman–Crippen MR) is 54.1 cm³/mol. The van der Waals surface area contributed by atoms with Gasteiger partial charge in [-0.2, -0.15) is 0 Å². The molecular formula is C9H19N3O. The van der Waals surface area contributed by atoms with E-state index in [2.05, 4.69) is 15.6 Å². The molecule has 4 nitrogen and oxygen atoms in total. The molecule has 1 heterocycles. The van der Waals surface area contributed by atoms with Crippen LogP contribution in [0.25, 0.3) is 0 Å². The molecule has 0 amide bonds. The molecular weight excluding hydrogens is 166 g/mol. The fraction of sp³-hybridized carbons (Fsp3) is 0.889. The van der Waals surface area contributed by atoms with Gasteiger partial charge in [-0.15, -0.1) is 0 Å². The van der Waals surface area contributed by atoms with Crippen LogP contribution in [0.4, 0.5) is 0 Å². The summed E-state index contributed by atoms with van der Waals surface area (Å²) in [5.74, 6) is 0. The average Bonchev–Trinajstić information content (AvgIpc) is 2.14. The molecule has 1 fully saturated rings. The number of piperidine rings is 1. The van der Waals surface area contributed by atoms with Crippen LogP contribution in [-0.2, 0) is 0 Å². The first-order chi connectivity index (χ1) is 6.27. The number of aliphatic hydroxyl groups is 1. The lowest BCUT2D eigenvalue weighted by Crippen LogP contribution is -2.48. The lowest BCUT2D eigenvalue weighted by atomic mass is 9.93. The minimum absolute atomic E-state index is 0.537. The van der Waals surface area contributed by atoms with Crippen LogP contribution in [0.3, 0.4) is 0 Å². The third-order valence-electron chi connectivity index (χ3n) is 2.33. The van der Waals surface area contributed by atoms with E-state index in [1.54, 1.807) is 6.34 Å². The lowest BCUT2D eigenvalue weighted by Gasteiger charge is -2.32. The molecule has 1 rings (SSSR count). The van der Waals surface area contributed by atoms with Gasteiger partial charge in [-0.3, -0.25) is 4.99 Å². The highest BCUT2D eigenvalue weighted by molar-refractivity contribution is 5.54. The van der Waals surface area contributed by atoms with Gasteiger partial charge in [0.15, 0.2) is 0 Å². The monoisotopic (exact) mass is 185 g/mol. The zero-order chi connectivity index (χ0) is 9.57. The van der Waals surface area contributed by atoms with Crippen molar-refractivity contribution in [2.24, 2.45) is 4.99 Å². The summed E-state index contributed by atoms with van der Waals surface area (Å²) in [5.41, 5.74) is -0.537. The van der Waals surface area contributed by atoms with Gasteiger partial charge in [0.05, 0.1) is 11.9 Å². The maximum absolute atomic E-state index is 10.0. The van der Waals surface area contributed by atoms with E-state index in [0.717, 1.165) is 32.5 Å². The van der Waals surface area contributed by atoms with Crippen molar-refractivity contribution in [2.75, 3.05) is 26.2 Å². The highest BCUT2D eigenvalue weighted by Crippen LogP contribution is 2.15. The maximum Gasteiger partial charge on any atom is 0.0843 e. The van der Waals surface area contributed by atoms with Crippen LogP contribution in [0, 0.1) is 0 Å². The van der Waals surface area contributed by atoms with Crippen LogP contribution < -0.4 is 10.6 Å². The molecule has 1 aliphatic heterocycles. The summed E-state index contributed by atoms with van der Waals surface area (Å²) >= 11 is 0. The van der Waals surface area contributed by atoms with Crippen molar-refractivity contribution in [1.82, 2.24) is 10.6 Å². The van der Waals surface area contributed by atoms with Gasteiger partial charge in [0, 0.05) is 13.1 Å². The first-order valence-electron chi connectivity index (χ1n) is 4.92. The summed E-state index contributed by atoms with van der Waals surface area (Å²) in [6.07, 6.45) is 3.32. The van der Waals surface area contributed by atoms with Crippen molar-refractivity contribution in [3.8, 4) is 0 Å². The molecule has 0 radical (unpaired) electrons. The molecule has 3 N–H and O–H groups in total. The zero-order valence-corrected chi connectivity index (χ0v) is 8.21. The van der Waals surface area contributed by atoms with Gasteiger partial charge in [0.25, 0.3) is 0 Å². The minimum Gasteiger partial charge on any atom is -0.388 e. The molecule has 0 aromatic carbocycles. The van der Waals surface area contributed by atoms with Crippen molar-refractivity contribution in [3.05, 3.63) is 0 Å². The Labute approximate surface area is 79.4 Å². The molecule has 1 saturated heterocycles. The SMILES string of the molecule is CC/N=C\NCC1(O)CCNCC1. The number of nitrogens with zero attached hydrogens (tertiary/aromatic N) is 1. The average molecular weight is 185 g/mol. The minimum atomic E-state index is -0.537. The molecule has 0 bridgehead atoms. The smallest absolute Gasteiger partial charge is 0.0843 e. The summed E-state index contributed by atoms with van der Waals surface area (Å²) in [5, 5.41) is 16.3. The molecule has 0 aromatic rings. The standard InChI is InChI=1S/C9H19N3O/c1-2-10-8-12-7-9(13)3-5-11-6-4-9/h8,11,13H,2-7H2,1H3,(H,10,12). The van der Waals surface area contributed by atoms with Crippen LogP contribution in [0.5, 0.6) is 0 Å². The zero-order valence-electron chi connectivity index (χ0n) is 8.21. The fourth-order valence-electron chi connectivity index (χ4n) is 1.46. The molecule has 0 aromatic heterocycles. The molecule has 0 spiro atoms. The number of rotatable bonds is 4. The number of hydrogen-bond donors (Lipinski definition) is 3. The van der Waals surface area contributed by atoms with E-state index in [0.29, 0.717) is 6.54 Å². The van der Waals surface area contributed by atoms with E-state index in [9.17, 15) is 5.11 Å². The molecule has 0 unspecified atom stereocenters. The summed E-state index contributed by atoms with van der Waals surface area (Å²) in [4.78, 5) is 4.02. The van der Waals surface area contributed by atoms with Gasteiger partial charge < -0.3 is 15.7 Å². The van der Waals surface area contributed by atoms with Crippen molar-refractivity contribution in [1.29, 1.82) is 0 Å².